The van der Waals surface area contributed by atoms with Gasteiger partial charge in [-0.15, -0.1) is 0 Å². The standard InChI is InChI=1S/C30H12BF18N/c32-25(33,34)13-9-17(27(38,39)40)23(18(10-13)28(41,42)43)31(50-21-7-3-1-5-15(21)16-6-2-4-8-22(16)50)24-19(29(44,45)46)11-14(26(35,36)37)12-20(24)30(47,48)49/h1-12H. The molecule has 20 heteroatoms. The van der Waals surface area contributed by atoms with Crippen LogP contribution in [0.25, 0.3) is 21.8 Å². The lowest BCUT2D eigenvalue weighted by molar-refractivity contribution is -0.149. The Kier molecular flexibility index (Phi) is 8.46. The van der Waals surface area contributed by atoms with Crippen LogP contribution in [-0.2, 0) is 37.1 Å². The van der Waals surface area contributed by atoms with Crippen molar-refractivity contribution in [3.8, 4) is 0 Å². The summed E-state index contributed by atoms with van der Waals surface area (Å²) in [6, 6.07) is 4.87. The molecule has 0 aliphatic carbocycles. The second-order valence-electron chi connectivity index (χ2n) is 10.8. The molecule has 4 aromatic carbocycles. The van der Waals surface area contributed by atoms with Crippen molar-refractivity contribution in [2.75, 3.05) is 0 Å². The van der Waals surface area contributed by atoms with Gasteiger partial charge in [0, 0.05) is 21.8 Å². The van der Waals surface area contributed by atoms with Gasteiger partial charge in [0.15, 0.2) is 0 Å². The van der Waals surface area contributed by atoms with Gasteiger partial charge >= 0.3 is 43.9 Å². The molecular formula is C30H12BF18N. The molecule has 266 valence electrons. The first-order chi connectivity index (χ1) is 22.6. The molecule has 0 aliphatic heterocycles. The van der Waals surface area contributed by atoms with Gasteiger partial charge in [-0.25, -0.2) is 0 Å². The zero-order valence-electron chi connectivity index (χ0n) is 23.8. The summed E-state index contributed by atoms with van der Waals surface area (Å²) >= 11 is 0. The first kappa shape index (κ1) is 36.8. The fourth-order valence-corrected chi connectivity index (χ4v) is 5.79. The van der Waals surface area contributed by atoms with Gasteiger partial charge in [-0.05, 0) is 47.3 Å². The molecule has 0 amide bonds. The summed E-state index contributed by atoms with van der Waals surface area (Å²) in [6.07, 6.45) is -37.3. The van der Waals surface area contributed by atoms with Crippen LogP contribution in [0.4, 0.5) is 79.0 Å². The van der Waals surface area contributed by atoms with E-state index in [4.69, 9.17) is 0 Å². The Morgan fingerprint density at radius 1 is 0.360 bits per heavy atom. The average Bonchev–Trinajstić information content (AvgIpc) is 3.28. The average molecular weight is 739 g/mol. The largest absolute Gasteiger partial charge is 0.416 e. The van der Waals surface area contributed by atoms with Gasteiger partial charge < -0.3 is 4.48 Å². The Labute approximate surface area is 266 Å². The molecule has 0 unspecified atom stereocenters. The SMILES string of the molecule is FC(F)(F)c1cc(C(F)(F)F)c(B(c2c(C(F)(F)F)cc(C(F)(F)F)cc2C(F)(F)F)n2c3ccccc3c3ccccc32)c(C(F)(F)F)c1. The van der Waals surface area contributed by atoms with E-state index in [1.165, 1.54) is 12.1 Å². The molecule has 50 heavy (non-hydrogen) atoms. The van der Waals surface area contributed by atoms with Crippen LogP contribution in [0.15, 0.2) is 72.8 Å². The van der Waals surface area contributed by atoms with Gasteiger partial charge in [0.2, 0.25) is 0 Å². The topological polar surface area (TPSA) is 4.93 Å². The number of alkyl halides is 18. The molecule has 0 fully saturated rings. The van der Waals surface area contributed by atoms with Gasteiger partial charge in [0.05, 0.1) is 33.4 Å². The highest BCUT2D eigenvalue weighted by molar-refractivity contribution is 6.86. The summed E-state index contributed by atoms with van der Waals surface area (Å²) in [4.78, 5) is 0. The molecule has 0 radical (unpaired) electrons. The quantitative estimate of drug-likeness (QED) is 0.128. The molecule has 5 rings (SSSR count). The molecule has 0 bridgehead atoms. The molecule has 0 N–H and O–H groups in total. The summed E-state index contributed by atoms with van der Waals surface area (Å²) in [7, 11) is 0. The third-order valence-electron chi connectivity index (χ3n) is 7.66. The van der Waals surface area contributed by atoms with Crippen LogP contribution in [0.5, 0.6) is 0 Å². The van der Waals surface area contributed by atoms with Crippen molar-refractivity contribution in [3.05, 3.63) is 106 Å². The summed E-state index contributed by atoms with van der Waals surface area (Å²) in [6.45, 7) is -3.68. The van der Waals surface area contributed by atoms with E-state index in [9.17, 15) is 79.0 Å². The van der Waals surface area contributed by atoms with Crippen LogP contribution < -0.4 is 10.9 Å². The number of benzene rings is 4. The summed E-state index contributed by atoms with van der Waals surface area (Å²) in [5.41, 5.74) is -23.4. The summed E-state index contributed by atoms with van der Waals surface area (Å²) in [5.74, 6) is 0. The first-order valence-electron chi connectivity index (χ1n) is 13.4. The minimum absolute atomic E-state index is 0.170. The Bertz CT molecular complexity index is 1870. The van der Waals surface area contributed by atoms with Gasteiger partial charge in [0.1, 0.15) is 0 Å². The number of hydrogen-bond acceptors (Lipinski definition) is 0. The molecule has 0 atom stereocenters. The van der Waals surface area contributed by atoms with Crippen LogP contribution in [0.2, 0.25) is 0 Å². The number of fused-ring (bicyclic) bond motifs is 3. The predicted molar refractivity (Wildman–Crippen MR) is 143 cm³/mol. The van der Waals surface area contributed by atoms with E-state index in [-0.39, 0.29) is 15.3 Å². The normalized spacial score (nSPS) is 13.8. The Morgan fingerprint density at radius 2 is 0.620 bits per heavy atom. The maximum Gasteiger partial charge on any atom is 0.416 e. The van der Waals surface area contributed by atoms with Crippen molar-refractivity contribution in [3.63, 3.8) is 0 Å². The number of hydrogen-bond donors (Lipinski definition) is 0. The number of rotatable bonds is 3. The number of aromatic nitrogens is 1. The predicted octanol–water partition coefficient (Wildman–Crippen LogP) is 10.6. The van der Waals surface area contributed by atoms with Crippen molar-refractivity contribution in [1.82, 2.24) is 4.48 Å². The van der Waals surface area contributed by atoms with E-state index in [1.807, 2.05) is 0 Å². The van der Waals surface area contributed by atoms with Crippen molar-refractivity contribution < 1.29 is 79.0 Å². The van der Waals surface area contributed by atoms with Crippen LogP contribution in [-0.4, -0.2) is 11.3 Å². The lowest BCUT2D eigenvalue weighted by Gasteiger charge is -2.31. The Morgan fingerprint density at radius 3 is 0.860 bits per heavy atom. The van der Waals surface area contributed by atoms with Crippen molar-refractivity contribution in [2.24, 2.45) is 0 Å². The molecule has 1 aromatic heterocycles. The van der Waals surface area contributed by atoms with Gasteiger partial charge in [0.25, 0.3) is 0 Å². The lowest BCUT2D eigenvalue weighted by atomic mass is 9.45. The smallest absolute Gasteiger partial charge is 0.376 e. The zero-order chi connectivity index (χ0) is 37.6. The second-order valence-corrected chi connectivity index (χ2v) is 10.8. The molecule has 1 nitrogen and oxygen atoms in total. The van der Waals surface area contributed by atoms with Gasteiger partial charge in [-0.3, -0.25) is 0 Å². The Hall–Kier alpha value is -4.52. The number of nitrogens with zero attached hydrogens (tertiary/aromatic N) is 1. The fourth-order valence-electron chi connectivity index (χ4n) is 5.79. The number of para-hydroxylation sites is 2. The van der Waals surface area contributed by atoms with E-state index < -0.39 is 124 Å². The Balaban J connectivity index is 2.20. The minimum Gasteiger partial charge on any atom is -0.376 e. The molecular weight excluding hydrogens is 727 g/mol. The molecule has 1 heterocycles. The minimum atomic E-state index is -6.34. The summed E-state index contributed by atoms with van der Waals surface area (Å²) < 4.78 is 259. The molecule has 5 aromatic rings. The van der Waals surface area contributed by atoms with E-state index in [0.717, 1.165) is 36.4 Å². The highest BCUT2D eigenvalue weighted by Gasteiger charge is 2.53. The maximum absolute atomic E-state index is 14.7. The third-order valence-corrected chi connectivity index (χ3v) is 7.66. The van der Waals surface area contributed by atoms with Gasteiger partial charge in [-0.2, -0.15) is 79.0 Å². The summed E-state index contributed by atoms with van der Waals surface area (Å²) in [5, 5.41) is -0.340. The highest BCUT2D eigenvalue weighted by Crippen LogP contribution is 2.44. The first-order valence-corrected chi connectivity index (χ1v) is 13.4. The van der Waals surface area contributed by atoms with E-state index in [1.54, 1.807) is 0 Å². The van der Waals surface area contributed by atoms with Crippen LogP contribution in [0, 0.1) is 0 Å². The molecule has 0 saturated heterocycles. The van der Waals surface area contributed by atoms with Crippen LogP contribution >= 0.6 is 0 Å². The number of halogens is 18. The zero-order valence-corrected chi connectivity index (χ0v) is 23.8. The second kappa shape index (κ2) is 11.5. The lowest BCUT2D eigenvalue weighted by Crippen LogP contribution is -2.57. The molecule has 0 spiro atoms. The van der Waals surface area contributed by atoms with Crippen LogP contribution in [0.1, 0.15) is 33.4 Å². The molecule has 0 saturated carbocycles. The molecule has 0 aliphatic rings. The van der Waals surface area contributed by atoms with Crippen LogP contribution in [0.3, 0.4) is 0 Å². The van der Waals surface area contributed by atoms with E-state index >= 15 is 0 Å². The highest BCUT2D eigenvalue weighted by atomic mass is 19.4. The van der Waals surface area contributed by atoms with Gasteiger partial charge in [-0.1, -0.05) is 36.4 Å². The van der Waals surface area contributed by atoms with Crippen molar-refractivity contribution in [1.29, 1.82) is 0 Å². The van der Waals surface area contributed by atoms with E-state index in [2.05, 4.69) is 0 Å². The maximum atomic E-state index is 14.7. The monoisotopic (exact) mass is 739 g/mol. The van der Waals surface area contributed by atoms with Crippen molar-refractivity contribution in [2.45, 2.75) is 37.1 Å². The third kappa shape index (κ3) is 6.55. The van der Waals surface area contributed by atoms with E-state index in [0.29, 0.717) is 0 Å². The van der Waals surface area contributed by atoms with Crippen molar-refractivity contribution >= 4 is 39.6 Å². The fraction of sp³-hybridized carbons (Fsp3) is 0.200.